The summed E-state index contributed by atoms with van der Waals surface area (Å²) in [6, 6.07) is 0. The Morgan fingerprint density at radius 3 is 2.38 bits per heavy atom. The first-order valence-electron chi connectivity index (χ1n) is 4.34. The van der Waals surface area contributed by atoms with Gasteiger partial charge < -0.3 is 29.9 Å². The van der Waals surface area contributed by atoms with Crippen LogP contribution in [0.4, 0.5) is 0 Å². The molecule has 0 aromatic carbocycles. The van der Waals surface area contributed by atoms with Crippen LogP contribution in [0.25, 0.3) is 0 Å². The fraction of sp³-hybridized carbons (Fsp3) is 1.00. The number of hydrogen-bond acceptors (Lipinski definition) is 6. The molecule has 0 aliphatic carbocycles. The van der Waals surface area contributed by atoms with Gasteiger partial charge in [-0.1, -0.05) is 0 Å². The minimum Gasteiger partial charge on any atom is -0.394 e. The van der Waals surface area contributed by atoms with E-state index in [0.29, 0.717) is 0 Å². The van der Waals surface area contributed by atoms with Crippen molar-refractivity contribution in [2.24, 2.45) is 0 Å². The van der Waals surface area contributed by atoms with Gasteiger partial charge in [0.15, 0.2) is 6.27 Å². The van der Waals surface area contributed by atoms with Gasteiger partial charge in [0.2, 0.25) is 0 Å². The third kappa shape index (κ3) is 1.98. The Labute approximate surface area is 76.7 Å². The average Bonchev–Trinajstić information content (AvgIpc) is 2.20. The Kier molecular flexibility index (Phi) is 3.09. The van der Waals surface area contributed by atoms with Crippen molar-refractivity contribution in [3.8, 4) is 0 Å². The molecule has 0 amide bonds. The molecule has 0 aromatic rings. The van der Waals surface area contributed by atoms with E-state index in [4.69, 9.17) is 11.2 Å². The molecule has 78 valence electrons. The SMILES string of the molecule is [2H][C@@]1(OC)O[C@H](CO)[C@@H](O)[C@H](O)[C@H]1O. The van der Waals surface area contributed by atoms with Crippen molar-refractivity contribution in [2.45, 2.75) is 30.7 Å². The second-order valence-corrected chi connectivity index (χ2v) is 2.79. The minimum atomic E-state index is -2.16. The maximum Gasteiger partial charge on any atom is 0.186 e. The zero-order valence-corrected chi connectivity index (χ0v) is 7.12. The second kappa shape index (κ2) is 4.32. The van der Waals surface area contributed by atoms with E-state index >= 15 is 0 Å². The lowest BCUT2D eigenvalue weighted by Gasteiger charge is -2.38. The molecule has 1 aliphatic heterocycles. The first-order chi connectivity index (χ1) is 6.46. The van der Waals surface area contributed by atoms with Crippen molar-refractivity contribution in [3.05, 3.63) is 0 Å². The molecule has 0 unspecified atom stereocenters. The molecule has 1 fully saturated rings. The molecule has 13 heavy (non-hydrogen) atoms. The topological polar surface area (TPSA) is 99.4 Å². The van der Waals surface area contributed by atoms with Gasteiger partial charge in [0.05, 0.1) is 7.98 Å². The highest BCUT2D eigenvalue weighted by molar-refractivity contribution is 4.88. The van der Waals surface area contributed by atoms with Gasteiger partial charge in [-0.3, -0.25) is 0 Å². The van der Waals surface area contributed by atoms with E-state index in [-0.39, 0.29) is 0 Å². The molecular weight excluding hydrogens is 180 g/mol. The van der Waals surface area contributed by atoms with Crippen molar-refractivity contribution < 1.29 is 31.3 Å². The lowest BCUT2D eigenvalue weighted by atomic mass is 9.99. The van der Waals surface area contributed by atoms with Gasteiger partial charge in [-0.25, -0.2) is 0 Å². The fourth-order valence-electron chi connectivity index (χ4n) is 1.15. The predicted molar refractivity (Wildman–Crippen MR) is 40.8 cm³/mol. The van der Waals surface area contributed by atoms with Crippen molar-refractivity contribution in [1.29, 1.82) is 0 Å². The summed E-state index contributed by atoms with van der Waals surface area (Å²) in [4.78, 5) is 0. The van der Waals surface area contributed by atoms with Crippen molar-refractivity contribution in [1.82, 2.24) is 0 Å². The summed E-state index contributed by atoms with van der Waals surface area (Å²) < 4.78 is 16.8. The Balaban J connectivity index is 2.84. The summed E-state index contributed by atoms with van der Waals surface area (Å²) in [6.45, 7) is -0.574. The van der Waals surface area contributed by atoms with E-state index < -0.39 is 37.3 Å². The van der Waals surface area contributed by atoms with Crippen LogP contribution in [0.1, 0.15) is 1.37 Å². The number of methoxy groups -OCH3 is 1. The lowest BCUT2D eigenvalue weighted by molar-refractivity contribution is -0.294. The quantitative estimate of drug-likeness (QED) is 0.386. The van der Waals surface area contributed by atoms with Crippen LogP contribution in [-0.2, 0) is 9.47 Å². The van der Waals surface area contributed by atoms with Crippen LogP contribution >= 0.6 is 0 Å². The summed E-state index contributed by atoms with van der Waals surface area (Å²) in [7, 11) is 1.12. The summed E-state index contributed by atoms with van der Waals surface area (Å²) in [5.41, 5.74) is 0. The molecule has 0 radical (unpaired) electrons. The molecule has 1 saturated heterocycles. The Morgan fingerprint density at radius 1 is 1.31 bits per heavy atom. The summed E-state index contributed by atoms with van der Waals surface area (Å²) >= 11 is 0. The third-order valence-electron chi connectivity index (χ3n) is 1.94. The van der Waals surface area contributed by atoms with Crippen LogP contribution in [0.2, 0.25) is 0 Å². The molecule has 1 rings (SSSR count). The van der Waals surface area contributed by atoms with E-state index in [9.17, 15) is 15.3 Å². The zero-order chi connectivity index (χ0) is 10.9. The minimum absolute atomic E-state index is 0.574. The highest BCUT2D eigenvalue weighted by atomic mass is 16.7. The molecular formula is C7H14O6. The normalized spacial score (nSPS) is 53.2. The molecule has 6 nitrogen and oxygen atoms in total. The van der Waals surface area contributed by atoms with Crippen molar-refractivity contribution >= 4 is 0 Å². The first-order valence-corrected chi connectivity index (χ1v) is 3.84. The van der Waals surface area contributed by atoms with Crippen LogP contribution in [0.3, 0.4) is 0 Å². The molecule has 0 spiro atoms. The van der Waals surface area contributed by atoms with Crippen molar-refractivity contribution in [2.75, 3.05) is 13.7 Å². The summed E-state index contributed by atoms with van der Waals surface area (Å²) in [6.07, 6.45) is -8.02. The Bertz CT molecular complexity index is 201. The molecule has 1 heterocycles. The van der Waals surface area contributed by atoms with Gasteiger partial charge in [0, 0.05) is 7.11 Å². The van der Waals surface area contributed by atoms with Gasteiger partial charge in [-0.15, -0.1) is 0 Å². The lowest BCUT2D eigenvalue weighted by Crippen LogP contribution is -2.58. The van der Waals surface area contributed by atoms with Gasteiger partial charge in [-0.2, -0.15) is 0 Å². The molecule has 0 bridgehead atoms. The Hall–Kier alpha value is -0.240. The molecule has 0 saturated carbocycles. The molecule has 4 N–H and O–H groups in total. The number of aliphatic hydroxyl groups excluding tert-OH is 4. The van der Waals surface area contributed by atoms with Crippen LogP contribution in [0.5, 0.6) is 0 Å². The van der Waals surface area contributed by atoms with E-state index in [1.165, 1.54) is 0 Å². The second-order valence-electron chi connectivity index (χ2n) is 2.79. The molecule has 1 aliphatic rings. The van der Waals surface area contributed by atoms with Gasteiger partial charge in [-0.05, 0) is 0 Å². The first kappa shape index (κ1) is 9.32. The van der Waals surface area contributed by atoms with Gasteiger partial charge >= 0.3 is 0 Å². The van der Waals surface area contributed by atoms with E-state index in [1.54, 1.807) is 0 Å². The Morgan fingerprint density at radius 2 is 1.92 bits per heavy atom. The van der Waals surface area contributed by atoms with E-state index in [1.807, 2.05) is 0 Å². The van der Waals surface area contributed by atoms with Gasteiger partial charge in [0.1, 0.15) is 24.4 Å². The monoisotopic (exact) mass is 195 g/mol. The fourth-order valence-corrected chi connectivity index (χ4v) is 1.15. The number of rotatable bonds is 2. The third-order valence-corrected chi connectivity index (χ3v) is 1.94. The van der Waals surface area contributed by atoms with Crippen molar-refractivity contribution in [3.63, 3.8) is 0 Å². The highest BCUT2D eigenvalue weighted by Crippen LogP contribution is 2.20. The van der Waals surface area contributed by atoms with Crippen LogP contribution in [-0.4, -0.2) is 64.8 Å². The van der Waals surface area contributed by atoms with E-state index in [0.717, 1.165) is 7.11 Å². The average molecular weight is 195 g/mol. The summed E-state index contributed by atoms with van der Waals surface area (Å²) in [5, 5.41) is 36.8. The predicted octanol–water partition coefficient (Wildman–Crippen LogP) is -2.57. The standard InChI is InChI=1S/C7H14O6/c1-12-7-6(11)5(10)4(9)3(2-8)13-7/h3-11H,2H2,1H3/t3-,4-,5+,6-,7-/m1/s1/i7D. The number of hydrogen-bond donors (Lipinski definition) is 4. The number of ether oxygens (including phenoxy) is 2. The van der Waals surface area contributed by atoms with Gasteiger partial charge in [0.25, 0.3) is 0 Å². The largest absolute Gasteiger partial charge is 0.394 e. The maximum absolute atomic E-state index is 9.35. The maximum atomic E-state index is 9.35. The van der Waals surface area contributed by atoms with E-state index in [2.05, 4.69) is 4.74 Å². The molecule has 6 heteroatoms. The summed E-state index contributed by atoms with van der Waals surface area (Å²) in [5.74, 6) is 0. The number of aliphatic hydroxyl groups is 4. The highest BCUT2D eigenvalue weighted by Gasteiger charge is 2.43. The van der Waals surface area contributed by atoms with Crippen LogP contribution in [0.15, 0.2) is 0 Å². The molecule has 0 aromatic heterocycles. The van der Waals surface area contributed by atoms with Crippen LogP contribution < -0.4 is 0 Å². The molecule has 5 atom stereocenters. The zero-order valence-electron chi connectivity index (χ0n) is 8.12. The smallest absolute Gasteiger partial charge is 0.186 e. The van der Waals surface area contributed by atoms with Crippen LogP contribution in [0, 0.1) is 0 Å².